The second-order valence-corrected chi connectivity index (χ2v) is 24.5. The number of halogens is 4. The molecule has 0 bridgehead atoms. The van der Waals surface area contributed by atoms with Crippen molar-refractivity contribution in [3.63, 3.8) is 0 Å². The predicted octanol–water partition coefficient (Wildman–Crippen LogP) is 14.9. The summed E-state index contributed by atoms with van der Waals surface area (Å²) in [4.78, 5) is 5.53. The van der Waals surface area contributed by atoms with Gasteiger partial charge in [-0.2, -0.15) is 0 Å². The van der Waals surface area contributed by atoms with Gasteiger partial charge in [0.25, 0.3) is 0 Å². The van der Waals surface area contributed by atoms with Crippen LogP contribution in [0, 0.1) is 58.8 Å². The first-order valence-corrected chi connectivity index (χ1v) is 26.9. The summed E-state index contributed by atoms with van der Waals surface area (Å²) in [6.07, 6.45) is 2.42. The molecule has 1 N–H and O–H groups in total. The summed E-state index contributed by atoms with van der Waals surface area (Å²) in [6.45, 7) is 23.9. The first-order chi connectivity index (χ1) is 22.1. The molecule has 2 heterocycles. The van der Waals surface area contributed by atoms with Crippen molar-refractivity contribution in [3.05, 3.63) is 107 Å². The minimum absolute atomic E-state index is 0. The van der Waals surface area contributed by atoms with E-state index in [1.54, 1.807) is 10.5 Å². The molecule has 3 aliphatic rings. The Morgan fingerprint density at radius 2 is 1.52 bits per heavy atom. The number of benzene rings is 2. The Hall–Kier alpha value is 0.0412. The van der Waals surface area contributed by atoms with E-state index in [9.17, 15) is 0 Å². The van der Waals surface area contributed by atoms with E-state index < -0.39 is 25.3 Å². The van der Waals surface area contributed by atoms with Gasteiger partial charge in [-0.15, -0.1) is 35.3 Å². The molecule has 6 unspecified atom stereocenters. The topological polar surface area (TPSA) is 26.1 Å². The van der Waals surface area contributed by atoms with Gasteiger partial charge in [0.1, 0.15) is 0 Å². The molecule has 0 radical (unpaired) electrons. The molecule has 6 atom stereocenters. The van der Waals surface area contributed by atoms with E-state index in [-0.39, 0.29) is 7.43 Å². The van der Waals surface area contributed by atoms with Gasteiger partial charge >= 0.3 is 35.6 Å². The molecule has 1 fully saturated rings. The Bertz CT molecular complexity index is 1600. The second-order valence-electron chi connectivity index (χ2n) is 13.9. The number of aryl methyl sites for hydroxylation is 4. The van der Waals surface area contributed by atoms with Crippen LogP contribution < -0.4 is 4.98 Å². The van der Waals surface area contributed by atoms with E-state index in [1.165, 1.54) is 43.6 Å². The van der Waals surface area contributed by atoms with Gasteiger partial charge in [-0.3, -0.25) is 0 Å². The number of hydrogen-bond donors (Lipinski definition) is 1. The molecule has 2 nitrogen and oxygen atoms in total. The Morgan fingerprint density at radius 3 is 2.12 bits per heavy atom. The molecule has 2 aliphatic carbocycles. The number of nitrogens with one attached hydrogen (secondary N) is 1. The number of anilines is 1. The van der Waals surface area contributed by atoms with Crippen molar-refractivity contribution in [1.82, 2.24) is 0 Å². The number of thioether (sulfide) groups is 1. The number of fused-ring (bicyclic) bond motifs is 2. The van der Waals surface area contributed by atoms with E-state index in [0.29, 0.717) is 11.5 Å². The summed E-state index contributed by atoms with van der Waals surface area (Å²) in [6, 6.07) is 11.1. The normalized spacial score (nSPS) is 23.7. The zero-order valence-corrected chi connectivity index (χ0v) is 38.9. The fourth-order valence-electron chi connectivity index (χ4n) is 7.72. The number of allylic oxidation sites excluding steroid dienone is 3. The molecule has 6 rings (SSSR count). The van der Waals surface area contributed by atoms with Crippen LogP contribution in [0.2, 0.25) is 13.1 Å². The standard InChI is InChI=1S/C19H24BrNSSi.C18H23BrNS.CH3.2ClH.Ti/c1-11-9-12(2)17(16(20)10-11)21-23(5,6)19-14(4)13(3)15-7-8-22-18(15)19;1-10-7-11(2)17(16(19)8-10)20-9-15-13(4)12(3)14-5-6-21-18(14)15;;;;/h7-10,19,21H,1-6H3;5-8,12-15,18H,9H2,1-4H3;1H3;2*1H;/q;2*-1;;;+2/p-2. The predicted molar refractivity (Wildman–Crippen MR) is 225 cm³/mol. The van der Waals surface area contributed by atoms with Gasteiger partial charge in [0.2, 0.25) is 0 Å². The summed E-state index contributed by atoms with van der Waals surface area (Å²) < 4.78 is 2.31. The van der Waals surface area contributed by atoms with Crippen LogP contribution in [0.3, 0.4) is 0 Å². The minimum atomic E-state index is -1.74. The Kier molecular flexibility index (Phi) is 16.1. The SMILES string of the molecule is CC1=C(C)C([Si](C)(C)Nc2c(C)cc(C)cc2Br)c2sccc21.Cc1cc(C)c([N-]CC2C(C)C(C)C3C=CSC32)c(Br)c1.[CH3-].[Cl][Ti][Cl]. The quantitative estimate of drug-likeness (QED) is 0.197. The Labute approximate surface area is 334 Å². The summed E-state index contributed by atoms with van der Waals surface area (Å²) >= 11 is 10.8. The maximum absolute atomic E-state index is 4.99. The molecule has 1 aliphatic heterocycles. The molecule has 2 aromatic carbocycles. The van der Waals surface area contributed by atoms with Crippen molar-refractivity contribution in [3.8, 4) is 0 Å². The fraction of sp³-hybridized carbons (Fsp3) is 0.447. The first kappa shape index (κ1) is 42.5. The Morgan fingerprint density at radius 1 is 0.917 bits per heavy atom. The third-order valence-electron chi connectivity index (χ3n) is 10.3. The van der Waals surface area contributed by atoms with Crippen molar-refractivity contribution in [2.24, 2.45) is 23.7 Å². The third kappa shape index (κ3) is 9.33. The number of thiophene rings is 1. The van der Waals surface area contributed by atoms with Crippen molar-refractivity contribution in [2.45, 2.75) is 79.3 Å². The van der Waals surface area contributed by atoms with E-state index in [4.69, 9.17) is 23.9 Å². The Balaban J connectivity index is 0.000000237. The van der Waals surface area contributed by atoms with Crippen molar-refractivity contribution in [2.75, 3.05) is 11.5 Å². The van der Waals surface area contributed by atoms with Crippen LogP contribution in [0.5, 0.6) is 0 Å². The van der Waals surface area contributed by atoms with Crippen LogP contribution in [0.25, 0.3) is 10.9 Å². The molecule has 1 aromatic heterocycles. The molecular formula is C38H50Br2Cl2N2S2SiTi-2. The molecule has 3 aromatic rings. The summed E-state index contributed by atoms with van der Waals surface area (Å²) in [7, 11) is 8.04. The van der Waals surface area contributed by atoms with Crippen LogP contribution in [-0.4, -0.2) is 20.0 Å². The van der Waals surface area contributed by atoms with E-state index >= 15 is 0 Å². The molecule has 48 heavy (non-hydrogen) atoms. The maximum atomic E-state index is 4.99. The average Bonchev–Trinajstić information content (AvgIpc) is 3.74. The summed E-state index contributed by atoms with van der Waals surface area (Å²) in [5.74, 6) is 2.99. The summed E-state index contributed by atoms with van der Waals surface area (Å²) in [5.41, 5.74) is 12.6. The monoisotopic (exact) mass is 902 g/mol. The number of nitrogens with zero attached hydrogens (tertiary/aromatic N) is 1. The van der Waals surface area contributed by atoms with Crippen molar-refractivity contribution >= 4 is 98.8 Å². The molecule has 0 saturated heterocycles. The van der Waals surface area contributed by atoms with Crippen LogP contribution in [-0.2, 0) is 17.0 Å². The van der Waals surface area contributed by atoms with Gasteiger partial charge in [-0.05, 0) is 138 Å². The van der Waals surface area contributed by atoms with Gasteiger partial charge in [0.15, 0.2) is 8.24 Å². The van der Waals surface area contributed by atoms with Crippen LogP contribution in [0.15, 0.2) is 61.7 Å². The van der Waals surface area contributed by atoms with Crippen LogP contribution in [0.1, 0.15) is 65.9 Å². The van der Waals surface area contributed by atoms with Gasteiger partial charge in [-0.25, -0.2) is 0 Å². The van der Waals surface area contributed by atoms with E-state index in [2.05, 4.69) is 153 Å². The second kappa shape index (κ2) is 18.2. The fourth-order valence-corrected chi connectivity index (χ4v) is 16.3. The molecule has 262 valence electrons. The van der Waals surface area contributed by atoms with Crippen molar-refractivity contribution in [1.29, 1.82) is 0 Å². The third-order valence-corrected chi connectivity index (χ3v) is 17.1. The van der Waals surface area contributed by atoms with E-state index in [1.807, 2.05) is 23.1 Å². The zero-order chi connectivity index (χ0) is 34.8. The molecule has 0 spiro atoms. The van der Waals surface area contributed by atoms with Gasteiger partial charge < -0.3 is 17.7 Å². The number of rotatable bonds is 6. The molecule has 1 saturated carbocycles. The number of hydrogen-bond acceptors (Lipinski definition) is 3. The van der Waals surface area contributed by atoms with Crippen LogP contribution in [0.4, 0.5) is 11.4 Å². The van der Waals surface area contributed by atoms with Crippen LogP contribution >= 0.6 is 73.6 Å². The molecule has 10 heteroatoms. The van der Waals surface area contributed by atoms with E-state index in [0.717, 1.165) is 39.7 Å². The van der Waals surface area contributed by atoms with Gasteiger partial charge in [0.05, 0.1) is 0 Å². The van der Waals surface area contributed by atoms with Gasteiger partial charge in [0, 0.05) is 30.3 Å². The van der Waals surface area contributed by atoms with Gasteiger partial charge in [-0.1, -0.05) is 72.2 Å². The zero-order valence-electron chi connectivity index (χ0n) is 30.1. The average molecular weight is 906 g/mol. The summed E-state index contributed by atoms with van der Waals surface area (Å²) in [5, 5.41) is 10.3. The molecular weight excluding hydrogens is 855 g/mol. The van der Waals surface area contributed by atoms with Crippen molar-refractivity contribution < 1.29 is 17.0 Å². The molecule has 0 amide bonds. The first-order valence-electron chi connectivity index (χ1n) is 16.2.